The van der Waals surface area contributed by atoms with Crippen molar-refractivity contribution < 1.29 is 9.18 Å². The molecule has 26 heavy (non-hydrogen) atoms. The van der Waals surface area contributed by atoms with Gasteiger partial charge in [0.05, 0.1) is 0 Å². The summed E-state index contributed by atoms with van der Waals surface area (Å²) in [6.45, 7) is 1.61. The first kappa shape index (κ1) is 16.5. The van der Waals surface area contributed by atoms with Crippen molar-refractivity contribution >= 4 is 17.2 Å². The fourth-order valence-electron chi connectivity index (χ4n) is 3.50. The van der Waals surface area contributed by atoms with Crippen LogP contribution in [0.3, 0.4) is 0 Å². The second kappa shape index (κ2) is 6.74. The van der Waals surface area contributed by atoms with E-state index in [9.17, 15) is 9.18 Å². The summed E-state index contributed by atoms with van der Waals surface area (Å²) in [5.74, 6) is 0.849. The molecule has 2 aromatic heterocycles. The first-order valence-electron chi connectivity index (χ1n) is 8.66. The molecule has 1 aliphatic rings. The van der Waals surface area contributed by atoms with E-state index in [-0.39, 0.29) is 17.8 Å². The molecule has 1 N–H and O–H groups in total. The predicted molar refractivity (Wildman–Crippen MR) is 96.1 cm³/mol. The average molecular weight is 353 g/mol. The summed E-state index contributed by atoms with van der Waals surface area (Å²) >= 11 is 0. The first-order valence-corrected chi connectivity index (χ1v) is 8.66. The van der Waals surface area contributed by atoms with Gasteiger partial charge in [-0.3, -0.25) is 0 Å². The van der Waals surface area contributed by atoms with E-state index >= 15 is 0 Å². The quantitative estimate of drug-likeness (QED) is 0.788. The maximum atomic E-state index is 13.2. The summed E-state index contributed by atoms with van der Waals surface area (Å²) < 4.78 is 15.2. The van der Waals surface area contributed by atoms with Crippen LogP contribution in [0, 0.1) is 5.82 Å². The third-order valence-corrected chi connectivity index (χ3v) is 4.84. The molecule has 0 radical (unpaired) electrons. The lowest BCUT2D eigenvalue weighted by molar-refractivity contribution is 0.207. The molecule has 0 bridgehead atoms. The molecule has 0 spiro atoms. The highest BCUT2D eigenvalue weighted by atomic mass is 19.1. The molecule has 1 saturated heterocycles. The molecule has 3 heterocycles. The van der Waals surface area contributed by atoms with E-state index in [1.54, 1.807) is 23.2 Å². The normalized spacial score (nSPS) is 17.0. The van der Waals surface area contributed by atoms with Crippen LogP contribution in [0.2, 0.25) is 0 Å². The Labute approximate surface area is 150 Å². The summed E-state index contributed by atoms with van der Waals surface area (Å²) in [5, 5.41) is 2.86. The minimum Gasteiger partial charge on any atom is -0.334 e. The van der Waals surface area contributed by atoms with Crippen molar-refractivity contribution in [2.45, 2.75) is 18.9 Å². The molecule has 1 aromatic carbocycles. The van der Waals surface area contributed by atoms with Crippen LogP contribution in [0.25, 0.3) is 11.2 Å². The summed E-state index contributed by atoms with van der Waals surface area (Å²) in [6.07, 6.45) is 2.62. The smallest absolute Gasteiger partial charge is 0.317 e. The minimum absolute atomic E-state index is 0.131. The molecule has 134 valence electrons. The largest absolute Gasteiger partial charge is 0.334 e. The van der Waals surface area contributed by atoms with Crippen molar-refractivity contribution in [1.29, 1.82) is 0 Å². The second-order valence-corrected chi connectivity index (χ2v) is 6.60. The van der Waals surface area contributed by atoms with Crippen molar-refractivity contribution in [2.75, 3.05) is 13.1 Å². The molecule has 6 nitrogen and oxygen atoms in total. The summed E-state index contributed by atoms with van der Waals surface area (Å²) in [7, 11) is 1.96. The van der Waals surface area contributed by atoms with Crippen LogP contribution in [0.1, 0.15) is 23.7 Å². The Hall–Kier alpha value is -2.96. The maximum Gasteiger partial charge on any atom is 0.317 e. The molecule has 2 amide bonds. The van der Waals surface area contributed by atoms with Crippen LogP contribution in [-0.2, 0) is 13.6 Å². The molecule has 1 atom stereocenters. The van der Waals surface area contributed by atoms with E-state index in [2.05, 4.69) is 10.3 Å². The van der Waals surface area contributed by atoms with Crippen molar-refractivity contribution in [1.82, 2.24) is 24.8 Å². The Bertz CT molecular complexity index is 954. The van der Waals surface area contributed by atoms with Crippen molar-refractivity contribution in [2.24, 2.45) is 7.05 Å². The van der Waals surface area contributed by atoms with Crippen LogP contribution in [0.5, 0.6) is 0 Å². The number of rotatable bonds is 3. The monoisotopic (exact) mass is 353 g/mol. The first-order chi connectivity index (χ1) is 12.6. The van der Waals surface area contributed by atoms with Crippen LogP contribution in [-0.4, -0.2) is 38.6 Å². The van der Waals surface area contributed by atoms with Crippen LogP contribution >= 0.6 is 0 Å². The third kappa shape index (κ3) is 3.12. The Morgan fingerprint density at radius 3 is 3.04 bits per heavy atom. The third-order valence-electron chi connectivity index (χ3n) is 4.84. The van der Waals surface area contributed by atoms with Crippen LogP contribution in [0.15, 0.2) is 42.6 Å². The second-order valence-electron chi connectivity index (χ2n) is 6.60. The van der Waals surface area contributed by atoms with E-state index in [0.717, 1.165) is 29.0 Å². The van der Waals surface area contributed by atoms with Gasteiger partial charge in [0.1, 0.15) is 17.2 Å². The highest BCUT2D eigenvalue weighted by Gasteiger charge is 2.30. The summed E-state index contributed by atoms with van der Waals surface area (Å²) in [6, 6.07) is 9.95. The van der Waals surface area contributed by atoms with Crippen LogP contribution < -0.4 is 5.32 Å². The number of nitrogens with one attached hydrogen (secondary N) is 1. The SMILES string of the molecule is Cn1c(C2CCN(C(=O)NCc3cccc(F)c3)C2)nc2cccnc21. The van der Waals surface area contributed by atoms with E-state index < -0.39 is 0 Å². The Morgan fingerprint density at radius 2 is 2.23 bits per heavy atom. The number of pyridine rings is 1. The van der Waals surface area contributed by atoms with Gasteiger partial charge in [-0.1, -0.05) is 12.1 Å². The summed E-state index contributed by atoms with van der Waals surface area (Å²) in [5.41, 5.74) is 2.48. The highest BCUT2D eigenvalue weighted by molar-refractivity contribution is 5.75. The van der Waals surface area contributed by atoms with Gasteiger partial charge in [0.25, 0.3) is 0 Å². The fourth-order valence-corrected chi connectivity index (χ4v) is 3.50. The zero-order valence-corrected chi connectivity index (χ0v) is 14.5. The molecule has 7 heteroatoms. The Balaban J connectivity index is 1.41. The number of nitrogens with zero attached hydrogens (tertiary/aromatic N) is 4. The Kier molecular flexibility index (Phi) is 4.28. The standard InChI is InChI=1S/C19H20FN5O/c1-24-17(23-16-6-3-8-21-18(16)24)14-7-9-25(12-14)19(26)22-11-13-4-2-5-15(20)10-13/h2-6,8,10,14H,7,9,11-12H2,1H3,(H,22,26). The van der Waals surface area contributed by atoms with E-state index in [0.29, 0.717) is 19.6 Å². The number of hydrogen-bond acceptors (Lipinski definition) is 3. The van der Waals surface area contributed by atoms with Gasteiger partial charge >= 0.3 is 6.03 Å². The molecule has 1 aliphatic heterocycles. The number of benzene rings is 1. The van der Waals surface area contributed by atoms with E-state index in [4.69, 9.17) is 4.98 Å². The van der Waals surface area contributed by atoms with Gasteiger partial charge in [-0.2, -0.15) is 0 Å². The molecular weight excluding hydrogens is 333 g/mol. The lowest BCUT2D eigenvalue weighted by Gasteiger charge is -2.17. The number of aromatic nitrogens is 3. The van der Waals surface area contributed by atoms with Gasteiger partial charge in [0, 0.05) is 38.8 Å². The van der Waals surface area contributed by atoms with E-state index in [1.807, 2.05) is 23.7 Å². The van der Waals surface area contributed by atoms with Crippen molar-refractivity contribution in [3.05, 3.63) is 59.8 Å². The number of carbonyl (C=O) groups is 1. The number of amides is 2. The number of hydrogen-bond donors (Lipinski definition) is 1. The molecule has 1 fully saturated rings. The minimum atomic E-state index is -0.298. The molecule has 0 aliphatic carbocycles. The lowest BCUT2D eigenvalue weighted by Crippen LogP contribution is -2.38. The maximum absolute atomic E-state index is 13.2. The zero-order chi connectivity index (χ0) is 18.1. The van der Waals surface area contributed by atoms with Gasteiger partial charge in [-0.15, -0.1) is 0 Å². The van der Waals surface area contributed by atoms with Crippen LogP contribution in [0.4, 0.5) is 9.18 Å². The topological polar surface area (TPSA) is 63.1 Å². The molecule has 3 aromatic rings. The zero-order valence-electron chi connectivity index (χ0n) is 14.5. The number of carbonyl (C=O) groups excluding carboxylic acids is 1. The van der Waals surface area contributed by atoms with Crippen molar-refractivity contribution in [3.8, 4) is 0 Å². The van der Waals surface area contributed by atoms with Gasteiger partial charge < -0.3 is 14.8 Å². The molecule has 1 unspecified atom stereocenters. The van der Waals surface area contributed by atoms with Gasteiger partial charge in [-0.05, 0) is 36.2 Å². The van der Waals surface area contributed by atoms with Crippen molar-refractivity contribution in [3.63, 3.8) is 0 Å². The number of imidazole rings is 1. The number of aryl methyl sites for hydroxylation is 1. The average Bonchev–Trinajstić information content (AvgIpc) is 3.25. The number of likely N-dealkylation sites (tertiary alicyclic amines) is 1. The molecule has 4 rings (SSSR count). The van der Waals surface area contributed by atoms with Gasteiger partial charge in [0.15, 0.2) is 5.65 Å². The highest BCUT2D eigenvalue weighted by Crippen LogP contribution is 2.28. The van der Waals surface area contributed by atoms with E-state index in [1.165, 1.54) is 12.1 Å². The lowest BCUT2D eigenvalue weighted by atomic mass is 10.1. The number of urea groups is 1. The predicted octanol–water partition coefficient (Wildman–Crippen LogP) is 2.81. The number of halogens is 1. The summed E-state index contributed by atoms with van der Waals surface area (Å²) in [4.78, 5) is 23.3. The molecule has 0 saturated carbocycles. The molecular formula is C19H20FN5O. The van der Waals surface area contributed by atoms with Gasteiger partial charge in [0.2, 0.25) is 0 Å². The Morgan fingerprint density at radius 1 is 1.35 bits per heavy atom. The van der Waals surface area contributed by atoms with Gasteiger partial charge in [-0.25, -0.2) is 19.2 Å². The fraction of sp³-hybridized carbons (Fsp3) is 0.316. The number of fused-ring (bicyclic) bond motifs is 1.